The third-order valence-corrected chi connectivity index (χ3v) is 2.79. The molecule has 3 heteroatoms. The van der Waals surface area contributed by atoms with Crippen LogP contribution in [-0.4, -0.2) is 17.6 Å². The maximum Gasteiger partial charge on any atom is 0.0901 e. The Balaban J connectivity index is 0.000000461. The van der Waals surface area contributed by atoms with Crippen molar-refractivity contribution >= 4 is 16.9 Å². The molecule has 2 heterocycles. The zero-order chi connectivity index (χ0) is 10.6. The smallest absolute Gasteiger partial charge is 0.0901 e. The summed E-state index contributed by atoms with van der Waals surface area (Å²) in [5, 5.41) is 6.62. The zero-order valence-electron chi connectivity index (χ0n) is 9.29. The summed E-state index contributed by atoms with van der Waals surface area (Å²) in [4.78, 5) is 4.44. The number of nitrogens with one attached hydrogen (secondary N) is 1. The Morgan fingerprint density at radius 1 is 1.50 bits per heavy atom. The van der Waals surface area contributed by atoms with E-state index in [-0.39, 0.29) is 0 Å². The van der Waals surface area contributed by atoms with Gasteiger partial charge in [0.25, 0.3) is 0 Å². The lowest BCUT2D eigenvalue weighted by molar-refractivity contribution is 0.728. The normalized spacial score (nSPS) is 20.0. The van der Waals surface area contributed by atoms with Gasteiger partial charge in [0.15, 0.2) is 0 Å². The molecule has 1 aromatic rings. The average molecular weight is 210 g/mol. The summed E-state index contributed by atoms with van der Waals surface area (Å²) in [6, 6.07) is 0.502. The van der Waals surface area contributed by atoms with Crippen molar-refractivity contribution in [1.29, 1.82) is 0 Å². The van der Waals surface area contributed by atoms with Gasteiger partial charge >= 0.3 is 0 Å². The van der Waals surface area contributed by atoms with Gasteiger partial charge in [-0.25, -0.2) is 4.98 Å². The van der Waals surface area contributed by atoms with Crippen molar-refractivity contribution in [3.8, 4) is 0 Å². The van der Waals surface area contributed by atoms with E-state index in [1.807, 2.05) is 20.8 Å². The van der Waals surface area contributed by atoms with Crippen LogP contribution < -0.4 is 5.32 Å². The Bertz CT molecular complexity index is 315. The van der Waals surface area contributed by atoms with Crippen LogP contribution in [0.2, 0.25) is 0 Å². The number of hydrogen-bond donors (Lipinski definition) is 1. The van der Waals surface area contributed by atoms with Crippen LogP contribution in [0.15, 0.2) is 11.5 Å². The summed E-state index contributed by atoms with van der Waals surface area (Å²) in [5.74, 6) is 0. The maximum atomic E-state index is 4.44. The fourth-order valence-corrected chi connectivity index (χ4v) is 2.01. The molecule has 1 aliphatic rings. The van der Waals surface area contributed by atoms with E-state index in [9.17, 15) is 0 Å². The molecule has 0 aromatic carbocycles. The Hall–Kier alpha value is -0.670. The van der Waals surface area contributed by atoms with E-state index in [4.69, 9.17) is 0 Å². The number of aryl methyl sites for hydroxylation is 1. The molecule has 0 saturated carbocycles. The van der Waals surface area contributed by atoms with E-state index in [0.29, 0.717) is 6.04 Å². The van der Waals surface area contributed by atoms with Gasteiger partial charge in [0.2, 0.25) is 0 Å². The second-order valence-corrected chi connectivity index (χ2v) is 4.18. The maximum absolute atomic E-state index is 4.44. The highest BCUT2D eigenvalue weighted by Crippen LogP contribution is 2.20. The molecule has 1 N–H and O–H groups in total. The summed E-state index contributed by atoms with van der Waals surface area (Å²) in [6.45, 7) is 9.16. The molecule has 0 spiro atoms. The Morgan fingerprint density at radius 2 is 2.21 bits per heavy atom. The molecule has 1 aliphatic heterocycles. The largest absolute Gasteiger partial charge is 0.307 e. The number of rotatable bonds is 1. The molecule has 0 amide bonds. The molecule has 0 radical (unpaired) electrons. The van der Waals surface area contributed by atoms with Crippen molar-refractivity contribution in [1.82, 2.24) is 10.3 Å². The molecule has 2 rings (SSSR count). The molecular weight excluding hydrogens is 192 g/mol. The first kappa shape index (κ1) is 11.4. The number of nitrogens with zero attached hydrogens (tertiary/aromatic N) is 1. The highest BCUT2D eigenvalue weighted by Gasteiger charge is 2.13. The quantitative estimate of drug-likeness (QED) is 0.771. The van der Waals surface area contributed by atoms with Crippen LogP contribution >= 0.6 is 11.3 Å². The summed E-state index contributed by atoms with van der Waals surface area (Å²) in [7, 11) is 0. The van der Waals surface area contributed by atoms with Crippen LogP contribution in [0.25, 0.3) is 5.57 Å². The highest BCUT2D eigenvalue weighted by molar-refractivity contribution is 7.09. The van der Waals surface area contributed by atoms with Gasteiger partial charge in [0.05, 0.1) is 10.7 Å². The van der Waals surface area contributed by atoms with Gasteiger partial charge in [-0.15, -0.1) is 11.3 Å². The second-order valence-electron chi connectivity index (χ2n) is 3.11. The summed E-state index contributed by atoms with van der Waals surface area (Å²) in [6.07, 6.45) is 2.24. The van der Waals surface area contributed by atoms with Crippen molar-refractivity contribution in [3.05, 3.63) is 22.2 Å². The summed E-state index contributed by atoms with van der Waals surface area (Å²) < 4.78 is 0. The number of thiazole rings is 1. The fraction of sp³-hybridized carbons (Fsp3) is 0.545. The van der Waals surface area contributed by atoms with E-state index in [0.717, 1.165) is 17.2 Å². The third kappa shape index (κ3) is 2.66. The minimum atomic E-state index is 0.502. The molecule has 1 aromatic heterocycles. The van der Waals surface area contributed by atoms with E-state index >= 15 is 0 Å². The first-order valence-electron chi connectivity index (χ1n) is 5.12. The molecule has 0 fully saturated rings. The van der Waals surface area contributed by atoms with Crippen LogP contribution in [0.1, 0.15) is 31.5 Å². The van der Waals surface area contributed by atoms with Crippen LogP contribution in [0, 0.1) is 6.92 Å². The Kier molecular flexibility index (Phi) is 4.29. The van der Waals surface area contributed by atoms with Crippen LogP contribution in [0.5, 0.6) is 0 Å². The fourth-order valence-electron chi connectivity index (χ4n) is 1.38. The standard InChI is InChI=1S/C9H12N2S.C2H6/c1-6-3-8(4-10-6)9-5-12-7(2)11-9;1-2/h3,5-6,10H,4H2,1-2H3;1-2H3. The van der Waals surface area contributed by atoms with Gasteiger partial charge in [-0.1, -0.05) is 19.9 Å². The summed E-state index contributed by atoms with van der Waals surface area (Å²) in [5.41, 5.74) is 2.49. The van der Waals surface area contributed by atoms with Crippen molar-refractivity contribution in [2.75, 3.05) is 6.54 Å². The van der Waals surface area contributed by atoms with E-state index in [1.165, 1.54) is 5.57 Å². The van der Waals surface area contributed by atoms with Crippen LogP contribution in [0.3, 0.4) is 0 Å². The monoisotopic (exact) mass is 210 g/mol. The molecule has 0 bridgehead atoms. The summed E-state index contributed by atoms with van der Waals surface area (Å²) >= 11 is 1.71. The van der Waals surface area contributed by atoms with Crippen molar-refractivity contribution < 1.29 is 0 Å². The first-order chi connectivity index (χ1) is 6.75. The minimum absolute atomic E-state index is 0.502. The number of hydrogen-bond acceptors (Lipinski definition) is 3. The van der Waals surface area contributed by atoms with Crippen molar-refractivity contribution in [2.24, 2.45) is 0 Å². The van der Waals surface area contributed by atoms with Gasteiger partial charge in [-0.3, -0.25) is 0 Å². The average Bonchev–Trinajstić information content (AvgIpc) is 2.78. The first-order valence-corrected chi connectivity index (χ1v) is 6.00. The van der Waals surface area contributed by atoms with Crippen LogP contribution in [0.4, 0.5) is 0 Å². The lowest BCUT2D eigenvalue weighted by atomic mass is 10.2. The van der Waals surface area contributed by atoms with Gasteiger partial charge in [0.1, 0.15) is 0 Å². The topological polar surface area (TPSA) is 24.9 Å². The molecule has 2 nitrogen and oxygen atoms in total. The molecule has 1 unspecified atom stereocenters. The molecule has 1 atom stereocenters. The van der Waals surface area contributed by atoms with Gasteiger partial charge in [0, 0.05) is 18.0 Å². The highest BCUT2D eigenvalue weighted by atomic mass is 32.1. The molecule has 14 heavy (non-hydrogen) atoms. The van der Waals surface area contributed by atoms with E-state index in [2.05, 4.69) is 28.7 Å². The van der Waals surface area contributed by atoms with E-state index in [1.54, 1.807) is 11.3 Å². The minimum Gasteiger partial charge on any atom is -0.307 e. The SMILES string of the molecule is CC.Cc1nc(C2=CC(C)NC2)cs1. The lowest BCUT2D eigenvalue weighted by Crippen LogP contribution is -2.17. The van der Waals surface area contributed by atoms with Gasteiger partial charge in [-0.05, 0) is 19.4 Å². The van der Waals surface area contributed by atoms with Gasteiger partial charge < -0.3 is 5.32 Å². The molecule has 0 saturated heterocycles. The van der Waals surface area contributed by atoms with Crippen molar-refractivity contribution in [3.63, 3.8) is 0 Å². The van der Waals surface area contributed by atoms with E-state index < -0.39 is 0 Å². The second kappa shape index (κ2) is 5.27. The third-order valence-electron chi connectivity index (χ3n) is 2.01. The van der Waals surface area contributed by atoms with Crippen LogP contribution in [-0.2, 0) is 0 Å². The molecular formula is C11H18N2S. The Labute approximate surface area is 90.1 Å². The van der Waals surface area contributed by atoms with Crippen molar-refractivity contribution in [2.45, 2.75) is 33.7 Å². The Morgan fingerprint density at radius 3 is 2.64 bits per heavy atom. The predicted octanol–water partition coefficient (Wildman–Crippen LogP) is 2.85. The predicted molar refractivity (Wildman–Crippen MR) is 63.6 cm³/mol. The zero-order valence-corrected chi connectivity index (χ0v) is 10.1. The van der Waals surface area contributed by atoms with Gasteiger partial charge in [-0.2, -0.15) is 0 Å². The molecule has 78 valence electrons. The lowest BCUT2D eigenvalue weighted by Gasteiger charge is -1.95. The molecule has 0 aliphatic carbocycles. The number of aromatic nitrogens is 1.